The summed E-state index contributed by atoms with van der Waals surface area (Å²) in [7, 11) is -2.28. The van der Waals surface area contributed by atoms with Crippen molar-refractivity contribution in [2.75, 3.05) is 13.7 Å². The zero-order valence-corrected chi connectivity index (χ0v) is 27.0. The Labute approximate surface area is 266 Å². The van der Waals surface area contributed by atoms with Crippen molar-refractivity contribution in [3.05, 3.63) is 53.9 Å². The van der Waals surface area contributed by atoms with Gasteiger partial charge in [-0.25, -0.2) is 8.42 Å². The number of methoxy groups -OCH3 is 1. The maximum absolute atomic E-state index is 13.7. The summed E-state index contributed by atoms with van der Waals surface area (Å²) in [6.07, 6.45) is 2.11. The number of oxime groups is 1. The number of hydrogen-bond acceptors (Lipinski definition) is 10. The summed E-state index contributed by atoms with van der Waals surface area (Å²) in [4.78, 5) is 48.3. The molecule has 12 nitrogen and oxygen atoms in total. The predicted molar refractivity (Wildman–Crippen MR) is 169 cm³/mol. The van der Waals surface area contributed by atoms with Gasteiger partial charge in [-0.1, -0.05) is 31.1 Å². The van der Waals surface area contributed by atoms with Gasteiger partial charge in [-0.2, -0.15) is 0 Å². The number of amides is 3. The molecular weight excluding hydrogens is 620 g/mol. The fraction of sp³-hybridized carbons (Fsp3) is 0.484. The quantitative estimate of drug-likeness (QED) is 0.168. The van der Waals surface area contributed by atoms with E-state index < -0.39 is 68.6 Å². The maximum Gasteiger partial charge on any atom is 0.259 e. The van der Waals surface area contributed by atoms with Gasteiger partial charge in [0.05, 0.1) is 25.1 Å². The van der Waals surface area contributed by atoms with E-state index in [9.17, 15) is 27.9 Å². The van der Waals surface area contributed by atoms with Crippen LogP contribution in [0.1, 0.15) is 45.1 Å². The van der Waals surface area contributed by atoms with Crippen LogP contribution >= 0.6 is 11.3 Å². The lowest BCUT2D eigenvalue weighted by Gasteiger charge is -2.28. The van der Waals surface area contributed by atoms with Gasteiger partial charge in [0.15, 0.2) is 0 Å². The number of ether oxygens (including phenoxy) is 1. The minimum absolute atomic E-state index is 0.0337. The average molecular weight is 659 g/mol. The summed E-state index contributed by atoms with van der Waals surface area (Å²) < 4.78 is 32.4. The number of rotatable bonds is 13. The van der Waals surface area contributed by atoms with Crippen molar-refractivity contribution in [3.8, 4) is 16.2 Å². The van der Waals surface area contributed by atoms with E-state index in [1.807, 2.05) is 35.7 Å². The second-order valence-electron chi connectivity index (χ2n) is 12.0. The van der Waals surface area contributed by atoms with Crippen LogP contribution in [0.5, 0.6) is 5.75 Å². The van der Waals surface area contributed by atoms with Gasteiger partial charge in [0.1, 0.15) is 29.5 Å². The smallest absolute Gasteiger partial charge is 0.259 e. The first-order valence-corrected chi connectivity index (χ1v) is 17.2. The van der Waals surface area contributed by atoms with Gasteiger partial charge in [-0.15, -0.1) is 17.9 Å². The number of sulfonamides is 1. The Hall–Kier alpha value is -3.75. The zero-order valence-electron chi connectivity index (χ0n) is 25.3. The number of benzene rings is 1. The summed E-state index contributed by atoms with van der Waals surface area (Å²) in [5, 5.41) is 18.8. The fourth-order valence-corrected chi connectivity index (χ4v) is 7.58. The number of nitrogens with one attached hydrogen (secondary N) is 2. The molecule has 14 heteroatoms. The molecule has 3 fully saturated rings. The standard InChI is InChI=1S/C31H38N4O8S2/c1-5-20-15-31(20,30(39)34-45(40,41)23-9-10-23)33-28(37)25-14-22(17-35(25)29(38)27(36)18(2)3)43-32-16-19-13-21(42-4)8-11-24(19)26-7-6-12-44-26/h5-8,11-13,16,18,20,22-23,25,27,36H,1,9-10,14-15,17H2,2-4H3,(H,33,37)(H,34,39)/b32-16+/t20-,22?,25?,27-,31+/m1/s1. The number of carbonyl (C=O) groups is 3. The summed E-state index contributed by atoms with van der Waals surface area (Å²) in [6, 6.07) is 8.43. The highest BCUT2D eigenvalue weighted by Crippen LogP contribution is 2.45. The largest absolute Gasteiger partial charge is 0.497 e. The lowest BCUT2D eigenvalue weighted by Crippen LogP contribution is -2.57. The van der Waals surface area contributed by atoms with Gasteiger partial charge in [0.2, 0.25) is 15.9 Å². The van der Waals surface area contributed by atoms with Crippen molar-refractivity contribution >= 4 is 45.3 Å². The maximum atomic E-state index is 13.7. The molecule has 242 valence electrons. The van der Waals surface area contributed by atoms with Gasteiger partial charge in [0, 0.05) is 28.3 Å². The molecule has 1 aliphatic heterocycles. The van der Waals surface area contributed by atoms with Crippen molar-refractivity contribution in [1.29, 1.82) is 0 Å². The van der Waals surface area contributed by atoms with Crippen LogP contribution in [0.3, 0.4) is 0 Å². The van der Waals surface area contributed by atoms with Gasteiger partial charge < -0.3 is 24.9 Å². The molecule has 2 heterocycles. The number of nitrogens with zero attached hydrogens (tertiary/aromatic N) is 2. The molecule has 5 atom stereocenters. The molecule has 2 aromatic rings. The molecule has 2 saturated carbocycles. The third-order valence-corrected chi connectivity index (χ3v) is 11.2. The van der Waals surface area contributed by atoms with Crippen LogP contribution < -0.4 is 14.8 Å². The van der Waals surface area contributed by atoms with E-state index in [0.29, 0.717) is 18.6 Å². The molecule has 2 aliphatic carbocycles. The Morgan fingerprint density at radius 1 is 1.24 bits per heavy atom. The van der Waals surface area contributed by atoms with E-state index in [0.717, 1.165) is 16.0 Å². The lowest BCUT2D eigenvalue weighted by molar-refractivity contribution is -0.147. The van der Waals surface area contributed by atoms with Crippen LogP contribution in [0.2, 0.25) is 0 Å². The summed E-state index contributed by atoms with van der Waals surface area (Å²) in [6.45, 7) is 7.05. The van der Waals surface area contributed by atoms with E-state index in [1.54, 1.807) is 38.5 Å². The SMILES string of the molecule is C=C[C@@H]1C[C@@]1(NC(=O)C1CC(O/N=C/c2cc(OC)ccc2-c2cccs2)CN1C(=O)[C@H](O)C(C)C)C(=O)NS(=O)(=O)C1CC1. The van der Waals surface area contributed by atoms with Crippen molar-refractivity contribution in [1.82, 2.24) is 14.9 Å². The molecule has 1 aromatic heterocycles. The first-order valence-electron chi connectivity index (χ1n) is 14.8. The molecule has 1 aromatic carbocycles. The highest BCUT2D eigenvalue weighted by molar-refractivity contribution is 7.91. The van der Waals surface area contributed by atoms with E-state index in [-0.39, 0.29) is 19.4 Å². The Balaban J connectivity index is 1.33. The summed E-state index contributed by atoms with van der Waals surface area (Å²) in [5.41, 5.74) is 0.158. The second-order valence-corrected chi connectivity index (χ2v) is 14.9. The first kappa shape index (κ1) is 32.6. The van der Waals surface area contributed by atoms with Crippen molar-refractivity contribution in [2.24, 2.45) is 17.0 Å². The highest BCUT2D eigenvalue weighted by Gasteiger charge is 2.62. The Bertz CT molecular complexity index is 1590. The van der Waals surface area contributed by atoms with Crippen molar-refractivity contribution < 1.29 is 37.5 Å². The lowest BCUT2D eigenvalue weighted by atomic mass is 10.1. The average Bonchev–Trinajstić information content (AvgIpc) is 3.89. The normalized spacial score (nSPS) is 25.2. The van der Waals surface area contributed by atoms with Crippen LogP contribution in [0.15, 0.2) is 53.5 Å². The first-order chi connectivity index (χ1) is 21.4. The molecule has 0 radical (unpaired) electrons. The van der Waals surface area contributed by atoms with Gasteiger partial charge in [0.25, 0.3) is 11.8 Å². The van der Waals surface area contributed by atoms with Crippen LogP contribution in [0, 0.1) is 11.8 Å². The molecule has 0 bridgehead atoms. The number of aliphatic hydroxyl groups is 1. The summed E-state index contributed by atoms with van der Waals surface area (Å²) in [5.74, 6) is -2.41. The number of aliphatic hydroxyl groups excluding tert-OH is 1. The predicted octanol–water partition coefficient (Wildman–Crippen LogP) is 2.43. The topological polar surface area (TPSA) is 164 Å². The van der Waals surface area contributed by atoms with Crippen LogP contribution in [-0.2, 0) is 29.2 Å². The third-order valence-electron chi connectivity index (χ3n) is 8.43. The van der Waals surface area contributed by atoms with E-state index >= 15 is 0 Å². The van der Waals surface area contributed by atoms with E-state index in [4.69, 9.17) is 9.57 Å². The molecule has 1 saturated heterocycles. The molecule has 45 heavy (non-hydrogen) atoms. The minimum Gasteiger partial charge on any atom is -0.497 e. The van der Waals surface area contributed by atoms with E-state index in [2.05, 4.69) is 21.8 Å². The molecule has 5 rings (SSSR count). The zero-order chi connectivity index (χ0) is 32.5. The Morgan fingerprint density at radius 2 is 2.00 bits per heavy atom. The van der Waals surface area contributed by atoms with Crippen LogP contribution in [-0.4, -0.2) is 85.1 Å². The molecule has 0 spiro atoms. The Morgan fingerprint density at radius 3 is 2.60 bits per heavy atom. The second kappa shape index (κ2) is 12.9. The minimum atomic E-state index is -3.85. The molecule has 3 N–H and O–H groups in total. The summed E-state index contributed by atoms with van der Waals surface area (Å²) >= 11 is 1.57. The van der Waals surface area contributed by atoms with Crippen molar-refractivity contribution in [3.63, 3.8) is 0 Å². The molecule has 3 amide bonds. The monoisotopic (exact) mass is 658 g/mol. The fourth-order valence-electron chi connectivity index (χ4n) is 5.44. The molecular formula is C31H38N4O8S2. The number of likely N-dealkylation sites (tertiary alicyclic amines) is 1. The van der Waals surface area contributed by atoms with Crippen molar-refractivity contribution in [2.45, 2.75) is 68.6 Å². The number of hydrogen-bond donors (Lipinski definition) is 3. The molecule has 3 aliphatic rings. The van der Waals surface area contributed by atoms with Crippen LogP contribution in [0.4, 0.5) is 0 Å². The van der Waals surface area contributed by atoms with Crippen LogP contribution in [0.25, 0.3) is 10.4 Å². The number of thiophene rings is 1. The van der Waals surface area contributed by atoms with E-state index in [1.165, 1.54) is 11.0 Å². The van der Waals surface area contributed by atoms with Gasteiger partial charge in [-0.3, -0.25) is 19.1 Å². The number of carbonyl (C=O) groups excluding carboxylic acids is 3. The van der Waals surface area contributed by atoms with Gasteiger partial charge >= 0.3 is 0 Å². The molecule has 2 unspecified atom stereocenters. The highest BCUT2D eigenvalue weighted by atomic mass is 32.2. The third kappa shape index (κ3) is 6.92. The Kier molecular flexibility index (Phi) is 9.38. The van der Waals surface area contributed by atoms with Gasteiger partial charge in [-0.05, 0) is 54.8 Å².